The fourth-order valence-electron chi connectivity index (χ4n) is 2.34. The molecule has 0 saturated heterocycles. The molecule has 2 nitrogen and oxygen atoms in total. The van der Waals surface area contributed by atoms with E-state index in [1.54, 1.807) is 0 Å². The quantitative estimate of drug-likeness (QED) is 0.701. The molecule has 0 bridgehead atoms. The van der Waals surface area contributed by atoms with Crippen molar-refractivity contribution in [2.24, 2.45) is 0 Å². The minimum atomic E-state index is 0.783. The predicted octanol–water partition coefficient (Wildman–Crippen LogP) is 4.34. The van der Waals surface area contributed by atoms with Crippen molar-refractivity contribution in [3.63, 3.8) is 0 Å². The summed E-state index contributed by atoms with van der Waals surface area (Å²) in [5, 5.41) is 1.27. The fourth-order valence-corrected chi connectivity index (χ4v) is 2.73. The highest BCUT2D eigenvalue weighted by Gasteiger charge is 2.06. The molecule has 0 aliphatic rings. The predicted molar refractivity (Wildman–Crippen MR) is 84.3 cm³/mol. The van der Waals surface area contributed by atoms with E-state index in [9.17, 15) is 0 Å². The highest BCUT2D eigenvalue weighted by atomic mass is 79.9. The molecule has 0 amide bonds. The van der Waals surface area contributed by atoms with Gasteiger partial charge in [0.2, 0.25) is 0 Å². The summed E-state index contributed by atoms with van der Waals surface area (Å²) >= 11 is 3.57. The van der Waals surface area contributed by atoms with E-state index in [1.165, 1.54) is 22.0 Å². The minimum Gasteiger partial charge on any atom is -0.398 e. The lowest BCUT2D eigenvalue weighted by Gasteiger charge is -2.09. The van der Waals surface area contributed by atoms with Crippen LogP contribution < -0.4 is 5.73 Å². The lowest BCUT2D eigenvalue weighted by Crippen LogP contribution is -2.00. The molecule has 2 aromatic carbocycles. The van der Waals surface area contributed by atoms with E-state index in [0.29, 0.717) is 0 Å². The monoisotopic (exact) mass is 314 g/mol. The Morgan fingerprint density at radius 3 is 2.84 bits per heavy atom. The summed E-state index contributed by atoms with van der Waals surface area (Å²) < 4.78 is 3.24. The Morgan fingerprint density at radius 1 is 1.16 bits per heavy atom. The number of halogens is 1. The molecule has 0 unspecified atom stereocenters. The van der Waals surface area contributed by atoms with Gasteiger partial charge in [0.15, 0.2) is 0 Å². The fraction of sp³-hybridized carbons (Fsp3) is 0.125. The summed E-state index contributed by atoms with van der Waals surface area (Å²) in [6.07, 6.45) is 2.12. The van der Waals surface area contributed by atoms with E-state index in [0.717, 1.165) is 16.7 Å². The number of hydrogen-bond acceptors (Lipinski definition) is 1. The first-order valence-electron chi connectivity index (χ1n) is 6.23. The second-order valence-corrected chi connectivity index (χ2v) is 5.62. The van der Waals surface area contributed by atoms with Crippen LogP contribution in [0.5, 0.6) is 0 Å². The van der Waals surface area contributed by atoms with Crippen LogP contribution >= 0.6 is 15.9 Å². The van der Waals surface area contributed by atoms with Crippen LogP contribution in [0.1, 0.15) is 11.1 Å². The van der Waals surface area contributed by atoms with E-state index in [-0.39, 0.29) is 0 Å². The first-order valence-corrected chi connectivity index (χ1v) is 7.03. The number of fused-ring (bicyclic) bond motifs is 1. The highest BCUT2D eigenvalue weighted by molar-refractivity contribution is 9.10. The van der Waals surface area contributed by atoms with Crippen molar-refractivity contribution in [2.45, 2.75) is 13.5 Å². The maximum absolute atomic E-state index is 5.93. The highest BCUT2D eigenvalue weighted by Crippen LogP contribution is 2.26. The minimum absolute atomic E-state index is 0.783. The van der Waals surface area contributed by atoms with Gasteiger partial charge in [0, 0.05) is 28.4 Å². The van der Waals surface area contributed by atoms with Gasteiger partial charge >= 0.3 is 0 Å². The van der Waals surface area contributed by atoms with E-state index in [2.05, 4.69) is 63.9 Å². The first kappa shape index (κ1) is 12.3. The van der Waals surface area contributed by atoms with Gasteiger partial charge in [-0.1, -0.05) is 24.3 Å². The number of nitrogens with two attached hydrogens (primary N) is 1. The molecule has 3 rings (SSSR count). The lowest BCUT2D eigenvalue weighted by atomic mass is 10.2. The molecule has 0 spiro atoms. The summed E-state index contributed by atoms with van der Waals surface area (Å²) in [6.45, 7) is 2.94. The molecule has 0 aliphatic heterocycles. The molecular formula is C16H15BrN2. The van der Waals surface area contributed by atoms with Gasteiger partial charge in [0.25, 0.3) is 0 Å². The number of nitrogen functional groups attached to an aromatic ring is 1. The summed E-state index contributed by atoms with van der Waals surface area (Å²) in [6, 6.07) is 14.7. The van der Waals surface area contributed by atoms with Crippen molar-refractivity contribution in [1.82, 2.24) is 4.57 Å². The molecule has 0 radical (unpaired) electrons. The normalized spacial score (nSPS) is 11.1. The van der Waals surface area contributed by atoms with Gasteiger partial charge in [-0.2, -0.15) is 0 Å². The molecule has 0 fully saturated rings. The third-order valence-corrected chi connectivity index (χ3v) is 4.35. The molecule has 3 aromatic rings. The topological polar surface area (TPSA) is 30.9 Å². The Balaban J connectivity index is 2.06. The Kier molecular flexibility index (Phi) is 3.07. The number of nitrogens with zero attached hydrogens (tertiary/aromatic N) is 1. The Hall–Kier alpha value is -1.74. The van der Waals surface area contributed by atoms with Crippen LogP contribution in [0, 0.1) is 6.92 Å². The summed E-state index contributed by atoms with van der Waals surface area (Å²) in [4.78, 5) is 0. The maximum Gasteiger partial charge on any atom is 0.0488 e. The van der Waals surface area contributed by atoms with Crippen LogP contribution in [0.4, 0.5) is 5.69 Å². The van der Waals surface area contributed by atoms with E-state index >= 15 is 0 Å². The van der Waals surface area contributed by atoms with Crippen LogP contribution in [-0.2, 0) is 6.54 Å². The van der Waals surface area contributed by atoms with Crippen LogP contribution in [0.3, 0.4) is 0 Å². The van der Waals surface area contributed by atoms with Gasteiger partial charge < -0.3 is 10.3 Å². The van der Waals surface area contributed by atoms with Crippen LogP contribution in [0.25, 0.3) is 10.9 Å². The van der Waals surface area contributed by atoms with Crippen molar-refractivity contribution in [1.29, 1.82) is 0 Å². The van der Waals surface area contributed by atoms with Crippen LogP contribution in [0.2, 0.25) is 0 Å². The third-order valence-electron chi connectivity index (χ3n) is 3.38. The van der Waals surface area contributed by atoms with Crippen molar-refractivity contribution in [3.05, 3.63) is 64.3 Å². The zero-order chi connectivity index (χ0) is 13.4. The van der Waals surface area contributed by atoms with Gasteiger partial charge in [-0.15, -0.1) is 0 Å². The van der Waals surface area contributed by atoms with Crippen LogP contribution in [-0.4, -0.2) is 4.57 Å². The van der Waals surface area contributed by atoms with Gasteiger partial charge in [-0.05, 0) is 57.6 Å². The molecular weight excluding hydrogens is 300 g/mol. The van der Waals surface area contributed by atoms with E-state index in [1.807, 2.05) is 12.1 Å². The second kappa shape index (κ2) is 4.74. The number of aryl methyl sites for hydroxylation is 1. The largest absolute Gasteiger partial charge is 0.398 e. The van der Waals surface area contributed by atoms with Gasteiger partial charge in [0.05, 0.1) is 0 Å². The van der Waals surface area contributed by atoms with Gasteiger partial charge in [0.1, 0.15) is 0 Å². The maximum atomic E-state index is 5.93. The van der Waals surface area contributed by atoms with Crippen molar-refractivity contribution >= 4 is 32.5 Å². The van der Waals surface area contributed by atoms with Gasteiger partial charge in [-0.3, -0.25) is 0 Å². The van der Waals surface area contributed by atoms with Crippen molar-refractivity contribution in [3.8, 4) is 0 Å². The van der Waals surface area contributed by atoms with Gasteiger partial charge in [-0.25, -0.2) is 0 Å². The summed E-state index contributed by atoms with van der Waals surface area (Å²) in [5.74, 6) is 0. The zero-order valence-corrected chi connectivity index (χ0v) is 12.3. The lowest BCUT2D eigenvalue weighted by molar-refractivity contribution is 0.833. The number of anilines is 1. The number of benzene rings is 2. The number of hydrogen-bond donors (Lipinski definition) is 1. The molecule has 0 atom stereocenters. The Morgan fingerprint density at radius 2 is 2.00 bits per heavy atom. The van der Waals surface area contributed by atoms with Crippen LogP contribution in [0.15, 0.2) is 53.1 Å². The molecule has 19 heavy (non-hydrogen) atoms. The Bertz CT molecular complexity index is 744. The molecule has 1 aromatic heterocycles. The average Bonchev–Trinajstić information content (AvgIpc) is 2.78. The number of rotatable bonds is 2. The number of aromatic nitrogens is 1. The summed E-state index contributed by atoms with van der Waals surface area (Å²) in [5.41, 5.74) is 10.4. The molecule has 0 saturated carbocycles. The van der Waals surface area contributed by atoms with E-state index in [4.69, 9.17) is 5.73 Å². The molecule has 3 heteroatoms. The molecule has 2 N–H and O–H groups in total. The van der Waals surface area contributed by atoms with E-state index < -0.39 is 0 Å². The van der Waals surface area contributed by atoms with Crippen molar-refractivity contribution < 1.29 is 0 Å². The Labute approximate surface area is 121 Å². The van der Waals surface area contributed by atoms with Crippen molar-refractivity contribution in [2.75, 3.05) is 5.73 Å². The summed E-state index contributed by atoms with van der Waals surface area (Å²) in [7, 11) is 0. The second-order valence-electron chi connectivity index (χ2n) is 4.83. The first-order chi connectivity index (χ1) is 9.15. The zero-order valence-electron chi connectivity index (χ0n) is 10.7. The average molecular weight is 315 g/mol. The smallest absolute Gasteiger partial charge is 0.0488 e. The molecule has 0 aliphatic carbocycles. The SMILES string of the molecule is Cc1ccc2ccn(Cc3cccc(N)c3Br)c2c1. The molecule has 1 heterocycles. The standard InChI is InChI=1S/C16H15BrN2/c1-11-5-6-12-7-8-19(15(12)9-11)10-13-3-2-4-14(18)16(13)17/h2-9H,10,18H2,1H3. The third kappa shape index (κ3) is 2.26. The molecule has 96 valence electrons.